The van der Waals surface area contributed by atoms with Crippen molar-refractivity contribution in [2.45, 2.75) is 32.7 Å². The molecule has 0 saturated heterocycles. The Bertz CT molecular complexity index is 541. The Balaban J connectivity index is 2.03. The molecule has 0 aliphatic heterocycles. The Labute approximate surface area is 133 Å². The van der Waals surface area contributed by atoms with Gasteiger partial charge in [0, 0.05) is 23.3 Å². The van der Waals surface area contributed by atoms with Crippen LogP contribution in [0.3, 0.4) is 0 Å². The first-order chi connectivity index (χ1) is 9.72. The second-order valence-corrected chi connectivity index (χ2v) is 6.18. The summed E-state index contributed by atoms with van der Waals surface area (Å²) < 4.78 is 3.10. The van der Waals surface area contributed by atoms with E-state index in [0.717, 1.165) is 36.1 Å². The SMILES string of the molecule is CCCn1ncnc1CC(CCl)Cc1cccc(Br)c1. The van der Waals surface area contributed by atoms with Gasteiger partial charge in [-0.15, -0.1) is 11.6 Å². The number of benzene rings is 1. The molecule has 2 aromatic rings. The molecule has 0 radical (unpaired) electrons. The van der Waals surface area contributed by atoms with Crippen LogP contribution < -0.4 is 0 Å². The zero-order valence-corrected chi connectivity index (χ0v) is 13.9. The van der Waals surface area contributed by atoms with Crippen molar-refractivity contribution in [1.82, 2.24) is 14.8 Å². The lowest BCUT2D eigenvalue weighted by Gasteiger charge is -2.14. The fraction of sp³-hybridized carbons (Fsp3) is 0.467. The van der Waals surface area contributed by atoms with E-state index in [1.807, 2.05) is 10.7 Å². The third kappa shape index (κ3) is 4.32. The molecule has 0 bridgehead atoms. The smallest absolute Gasteiger partial charge is 0.138 e. The van der Waals surface area contributed by atoms with Crippen LogP contribution in [0.5, 0.6) is 0 Å². The van der Waals surface area contributed by atoms with Gasteiger partial charge in [-0.3, -0.25) is 4.68 Å². The Kier molecular flexibility index (Phi) is 6.05. The number of hydrogen-bond donors (Lipinski definition) is 0. The number of rotatable bonds is 7. The lowest BCUT2D eigenvalue weighted by Crippen LogP contribution is -2.15. The summed E-state index contributed by atoms with van der Waals surface area (Å²) in [6, 6.07) is 8.39. The van der Waals surface area contributed by atoms with Crippen LogP contribution in [0.15, 0.2) is 35.1 Å². The van der Waals surface area contributed by atoms with Crippen LogP contribution in [0.25, 0.3) is 0 Å². The summed E-state index contributed by atoms with van der Waals surface area (Å²) in [5, 5.41) is 4.27. The van der Waals surface area contributed by atoms with E-state index in [9.17, 15) is 0 Å². The molecule has 1 aromatic carbocycles. The molecule has 20 heavy (non-hydrogen) atoms. The van der Waals surface area contributed by atoms with Crippen molar-refractivity contribution in [2.75, 3.05) is 5.88 Å². The predicted molar refractivity (Wildman–Crippen MR) is 86.1 cm³/mol. The number of halogens is 2. The standard InChI is InChI=1S/C15H19BrClN3/c1-2-6-20-15(18-11-19-20)9-13(10-17)7-12-4-3-5-14(16)8-12/h3-5,8,11,13H,2,6-7,9-10H2,1H3. The van der Waals surface area contributed by atoms with Crippen molar-refractivity contribution in [1.29, 1.82) is 0 Å². The quantitative estimate of drug-likeness (QED) is 0.700. The number of hydrogen-bond acceptors (Lipinski definition) is 2. The summed E-state index contributed by atoms with van der Waals surface area (Å²) in [5.41, 5.74) is 1.30. The fourth-order valence-electron chi connectivity index (χ4n) is 2.28. The molecule has 0 N–H and O–H groups in total. The third-order valence-corrected chi connectivity index (χ3v) is 4.16. The summed E-state index contributed by atoms with van der Waals surface area (Å²) in [5.74, 6) is 2.05. The highest BCUT2D eigenvalue weighted by atomic mass is 79.9. The maximum absolute atomic E-state index is 6.13. The van der Waals surface area contributed by atoms with E-state index in [0.29, 0.717) is 11.8 Å². The topological polar surface area (TPSA) is 30.7 Å². The van der Waals surface area contributed by atoms with Crippen molar-refractivity contribution in [3.8, 4) is 0 Å². The van der Waals surface area contributed by atoms with Crippen LogP contribution in [-0.4, -0.2) is 20.6 Å². The molecule has 0 saturated carbocycles. The van der Waals surface area contributed by atoms with Crippen LogP contribution in [0.4, 0.5) is 0 Å². The van der Waals surface area contributed by atoms with Gasteiger partial charge >= 0.3 is 0 Å². The Morgan fingerprint density at radius 3 is 2.90 bits per heavy atom. The Hall–Kier alpha value is -0.870. The Morgan fingerprint density at radius 1 is 1.35 bits per heavy atom. The van der Waals surface area contributed by atoms with Crippen molar-refractivity contribution in [3.63, 3.8) is 0 Å². The first kappa shape index (κ1) is 15.5. The zero-order chi connectivity index (χ0) is 14.4. The summed E-state index contributed by atoms with van der Waals surface area (Å²) in [7, 11) is 0. The van der Waals surface area contributed by atoms with E-state index in [4.69, 9.17) is 11.6 Å². The van der Waals surface area contributed by atoms with Gasteiger partial charge < -0.3 is 0 Å². The zero-order valence-electron chi connectivity index (χ0n) is 11.6. The van der Waals surface area contributed by atoms with E-state index in [2.05, 4.69) is 51.1 Å². The van der Waals surface area contributed by atoms with Crippen LogP contribution in [0.1, 0.15) is 24.7 Å². The second kappa shape index (κ2) is 7.79. The van der Waals surface area contributed by atoms with Crippen molar-refractivity contribution < 1.29 is 0 Å². The molecule has 1 atom stereocenters. The maximum atomic E-state index is 6.13. The van der Waals surface area contributed by atoms with Crippen molar-refractivity contribution in [2.24, 2.45) is 5.92 Å². The molecule has 3 nitrogen and oxygen atoms in total. The molecule has 0 fully saturated rings. The first-order valence-corrected chi connectivity index (χ1v) is 8.22. The first-order valence-electron chi connectivity index (χ1n) is 6.90. The third-order valence-electron chi connectivity index (χ3n) is 3.23. The highest BCUT2D eigenvalue weighted by Gasteiger charge is 2.14. The summed E-state index contributed by atoms with van der Waals surface area (Å²) in [4.78, 5) is 4.37. The molecule has 1 aromatic heterocycles. The molecule has 0 spiro atoms. The van der Waals surface area contributed by atoms with Crippen LogP contribution in [-0.2, 0) is 19.4 Å². The molecule has 1 heterocycles. The predicted octanol–water partition coefficient (Wildman–Crippen LogP) is 4.09. The number of alkyl halides is 1. The van der Waals surface area contributed by atoms with E-state index < -0.39 is 0 Å². The van der Waals surface area contributed by atoms with Crippen LogP contribution >= 0.6 is 27.5 Å². The largest absolute Gasteiger partial charge is 0.250 e. The second-order valence-electron chi connectivity index (χ2n) is 4.96. The minimum Gasteiger partial charge on any atom is -0.250 e. The van der Waals surface area contributed by atoms with Gasteiger partial charge in [0.25, 0.3) is 0 Å². The van der Waals surface area contributed by atoms with Gasteiger partial charge in [0.15, 0.2) is 0 Å². The number of nitrogens with zero attached hydrogens (tertiary/aromatic N) is 3. The van der Waals surface area contributed by atoms with Gasteiger partial charge in [-0.1, -0.05) is 35.0 Å². The van der Waals surface area contributed by atoms with E-state index >= 15 is 0 Å². The van der Waals surface area contributed by atoms with Gasteiger partial charge in [0.1, 0.15) is 12.2 Å². The molecular formula is C15H19BrClN3. The van der Waals surface area contributed by atoms with Crippen molar-refractivity contribution >= 4 is 27.5 Å². The molecule has 1 unspecified atom stereocenters. The van der Waals surface area contributed by atoms with Gasteiger partial charge in [-0.25, -0.2) is 4.98 Å². The number of aryl methyl sites for hydroxylation is 1. The summed E-state index contributed by atoms with van der Waals surface area (Å²) >= 11 is 9.64. The number of aromatic nitrogens is 3. The normalized spacial score (nSPS) is 12.6. The van der Waals surface area contributed by atoms with Crippen molar-refractivity contribution in [3.05, 3.63) is 46.5 Å². The molecule has 0 aliphatic rings. The van der Waals surface area contributed by atoms with E-state index in [1.54, 1.807) is 6.33 Å². The monoisotopic (exact) mass is 355 g/mol. The molecule has 0 amide bonds. The van der Waals surface area contributed by atoms with Crippen LogP contribution in [0, 0.1) is 5.92 Å². The van der Waals surface area contributed by atoms with Crippen LogP contribution in [0.2, 0.25) is 0 Å². The Morgan fingerprint density at radius 2 is 2.20 bits per heavy atom. The fourth-order valence-corrected chi connectivity index (χ4v) is 2.95. The van der Waals surface area contributed by atoms with Gasteiger partial charge in [0.05, 0.1) is 0 Å². The molecule has 108 valence electrons. The molecule has 5 heteroatoms. The minimum atomic E-state index is 0.380. The highest BCUT2D eigenvalue weighted by Crippen LogP contribution is 2.18. The lowest BCUT2D eigenvalue weighted by atomic mass is 9.97. The molecule has 2 rings (SSSR count). The van der Waals surface area contributed by atoms with Gasteiger partial charge in [-0.05, 0) is 36.5 Å². The maximum Gasteiger partial charge on any atom is 0.138 e. The summed E-state index contributed by atoms with van der Waals surface area (Å²) in [6.45, 7) is 3.06. The molecule has 0 aliphatic carbocycles. The lowest BCUT2D eigenvalue weighted by molar-refractivity contribution is 0.508. The van der Waals surface area contributed by atoms with Gasteiger partial charge in [-0.2, -0.15) is 5.10 Å². The minimum absolute atomic E-state index is 0.380. The van der Waals surface area contributed by atoms with E-state index in [1.165, 1.54) is 5.56 Å². The average Bonchev–Trinajstić information content (AvgIpc) is 2.86. The highest BCUT2D eigenvalue weighted by molar-refractivity contribution is 9.10. The molecular weight excluding hydrogens is 338 g/mol. The van der Waals surface area contributed by atoms with E-state index in [-0.39, 0.29) is 0 Å². The van der Waals surface area contributed by atoms with Gasteiger partial charge in [0.2, 0.25) is 0 Å². The average molecular weight is 357 g/mol. The summed E-state index contributed by atoms with van der Waals surface area (Å²) in [6.07, 6.45) is 4.53.